The van der Waals surface area contributed by atoms with Gasteiger partial charge >= 0.3 is 24.8 Å². The third kappa shape index (κ3) is 8.20. The third-order valence-electron chi connectivity index (χ3n) is 6.79. The molecule has 0 radical (unpaired) electrons. The monoisotopic (exact) mass is 472 g/mol. The van der Waals surface area contributed by atoms with Crippen molar-refractivity contribution in [1.82, 2.24) is 4.90 Å². The molecule has 0 spiro atoms. The molecule has 6 heteroatoms. The van der Waals surface area contributed by atoms with Crippen LogP contribution in [0, 0.1) is 5.92 Å². The van der Waals surface area contributed by atoms with Crippen LogP contribution in [-0.4, -0.2) is 60.4 Å². The number of carbonyl (C=O) groups is 1. The number of nitrogens with zero attached hydrogens (tertiary/aromatic N) is 2. The zero-order valence-electron chi connectivity index (χ0n) is 22.2. The van der Waals surface area contributed by atoms with E-state index in [9.17, 15) is 9.90 Å². The summed E-state index contributed by atoms with van der Waals surface area (Å²) in [5.74, 6) is 0.140. The maximum Gasteiger partial charge on any atom is 1.00 e. The number of hydrogen-bond donors (Lipinski definition) is 1. The largest absolute Gasteiger partial charge is 1.00 e. The maximum atomic E-state index is 13.4. The molecule has 3 heterocycles. The topological polar surface area (TPSA) is 63.9 Å². The molecule has 2 aromatic rings. The zero-order valence-corrected chi connectivity index (χ0v) is 22.2. The summed E-state index contributed by atoms with van der Waals surface area (Å²) in [5, 5.41) is 14.7. The standard InChI is InChI=1S/C23H27NO3.C6H14N.Li/c25-17-23(20-9-5-2-6-10-20,15-18-7-3-1-4-8-18)22(26)27-21-16-24-13-11-19(21)12-14-24;1-5(2)7-6(3)4;/h1-10,19,21,25H,11-17H2;5-6H,1-4H3;/q;-1;+1/t21-,23?;;/m0../s1. The number of fused-ring (bicyclic) bond motifs is 3. The van der Waals surface area contributed by atoms with Crippen LogP contribution in [-0.2, 0) is 21.4 Å². The van der Waals surface area contributed by atoms with Gasteiger partial charge in [-0.05, 0) is 49.4 Å². The third-order valence-corrected chi connectivity index (χ3v) is 6.79. The molecular weight excluding hydrogens is 431 g/mol. The van der Waals surface area contributed by atoms with E-state index in [-0.39, 0.29) is 37.5 Å². The predicted octanol–water partition coefficient (Wildman–Crippen LogP) is 1.98. The van der Waals surface area contributed by atoms with Gasteiger partial charge in [0.2, 0.25) is 0 Å². The fraction of sp³-hybridized carbons (Fsp3) is 0.552. The average molecular weight is 473 g/mol. The van der Waals surface area contributed by atoms with Gasteiger partial charge in [-0.1, -0.05) is 88.4 Å². The molecule has 2 atom stereocenters. The number of carbonyl (C=O) groups excluding carboxylic acids is 1. The van der Waals surface area contributed by atoms with Crippen LogP contribution in [0.15, 0.2) is 60.7 Å². The zero-order chi connectivity index (χ0) is 24.6. The smallest absolute Gasteiger partial charge is 0.658 e. The van der Waals surface area contributed by atoms with Crippen molar-refractivity contribution in [3.63, 3.8) is 0 Å². The predicted molar refractivity (Wildman–Crippen MR) is 138 cm³/mol. The van der Waals surface area contributed by atoms with E-state index in [0.29, 0.717) is 24.4 Å². The summed E-state index contributed by atoms with van der Waals surface area (Å²) < 4.78 is 6.07. The quantitative estimate of drug-likeness (QED) is 0.472. The van der Waals surface area contributed by atoms with Crippen molar-refractivity contribution in [3.8, 4) is 0 Å². The molecule has 3 saturated heterocycles. The molecule has 35 heavy (non-hydrogen) atoms. The van der Waals surface area contributed by atoms with E-state index >= 15 is 0 Å². The van der Waals surface area contributed by atoms with Crippen molar-refractivity contribution in [1.29, 1.82) is 0 Å². The van der Waals surface area contributed by atoms with E-state index in [1.807, 2.05) is 60.7 Å². The first-order valence-corrected chi connectivity index (χ1v) is 12.7. The number of ether oxygens (including phenoxy) is 1. The van der Waals surface area contributed by atoms with Gasteiger partial charge in [0.05, 0.1) is 6.61 Å². The van der Waals surface area contributed by atoms with Crippen LogP contribution in [0.5, 0.6) is 0 Å². The van der Waals surface area contributed by atoms with Gasteiger partial charge < -0.3 is 15.2 Å². The van der Waals surface area contributed by atoms with Gasteiger partial charge in [-0.15, -0.1) is 12.1 Å². The molecule has 1 unspecified atom stereocenters. The first-order chi connectivity index (χ1) is 16.3. The number of aliphatic hydroxyl groups is 1. The van der Waals surface area contributed by atoms with Gasteiger partial charge in [0, 0.05) is 6.54 Å². The fourth-order valence-corrected chi connectivity index (χ4v) is 5.10. The Hall–Kier alpha value is -1.61. The van der Waals surface area contributed by atoms with Crippen LogP contribution in [0.4, 0.5) is 0 Å². The molecule has 1 N–H and O–H groups in total. The summed E-state index contributed by atoms with van der Waals surface area (Å²) in [6.07, 6.45) is 2.54. The molecule has 3 fully saturated rings. The minimum absolute atomic E-state index is 0. The molecule has 5 nitrogen and oxygen atoms in total. The van der Waals surface area contributed by atoms with Crippen LogP contribution in [0.1, 0.15) is 51.7 Å². The summed E-state index contributed by atoms with van der Waals surface area (Å²) >= 11 is 0. The van der Waals surface area contributed by atoms with Gasteiger partial charge in [0.15, 0.2) is 0 Å². The van der Waals surface area contributed by atoms with E-state index in [4.69, 9.17) is 4.74 Å². The van der Waals surface area contributed by atoms with E-state index in [1.54, 1.807) is 0 Å². The summed E-state index contributed by atoms with van der Waals surface area (Å²) in [4.78, 5) is 15.8. The molecule has 2 aromatic carbocycles. The van der Waals surface area contributed by atoms with Crippen LogP contribution < -0.4 is 18.9 Å². The summed E-state index contributed by atoms with van der Waals surface area (Å²) in [7, 11) is 0. The molecule has 0 aromatic heterocycles. The Morgan fingerprint density at radius 1 is 1.00 bits per heavy atom. The minimum Gasteiger partial charge on any atom is -0.658 e. The number of aliphatic hydroxyl groups excluding tert-OH is 1. The number of piperidine rings is 3. The number of esters is 1. The maximum absolute atomic E-state index is 13.4. The molecule has 0 aliphatic carbocycles. The molecular formula is C29H41LiN2O3. The Morgan fingerprint density at radius 2 is 1.54 bits per heavy atom. The van der Waals surface area contributed by atoms with E-state index in [1.165, 1.54) is 0 Å². The average Bonchev–Trinajstić information content (AvgIpc) is 2.84. The Bertz CT molecular complexity index is 864. The van der Waals surface area contributed by atoms with Gasteiger partial charge in [0.25, 0.3) is 0 Å². The molecule has 3 aliphatic rings. The van der Waals surface area contributed by atoms with Crippen LogP contribution in [0.2, 0.25) is 0 Å². The van der Waals surface area contributed by atoms with Crippen molar-refractivity contribution in [2.75, 3.05) is 26.2 Å². The van der Waals surface area contributed by atoms with E-state index in [2.05, 4.69) is 37.9 Å². The first-order valence-electron chi connectivity index (χ1n) is 12.7. The van der Waals surface area contributed by atoms with Gasteiger partial charge in [-0.25, -0.2) is 0 Å². The van der Waals surface area contributed by atoms with Crippen LogP contribution in [0.3, 0.4) is 0 Å². The number of rotatable bonds is 8. The molecule has 5 rings (SSSR count). The normalized spacial score (nSPS) is 22.5. The van der Waals surface area contributed by atoms with E-state index < -0.39 is 5.41 Å². The van der Waals surface area contributed by atoms with E-state index in [0.717, 1.165) is 43.6 Å². The van der Waals surface area contributed by atoms with Crippen molar-refractivity contribution >= 4 is 5.97 Å². The SMILES string of the molecule is CC(C)[N-]C(C)C.O=C(O[C@H]1CN2CCC1CC2)C(CO)(Cc1ccccc1)c1ccccc1.[Li+]. The second-order valence-corrected chi connectivity index (χ2v) is 10.2. The van der Waals surface area contributed by atoms with Crippen LogP contribution >= 0.6 is 0 Å². The summed E-state index contributed by atoms with van der Waals surface area (Å²) in [6.45, 7) is 11.1. The molecule has 3 aliphatic heterocycles. The molecule has 186 valence electrons. The van der Waals surface area contributed by atoms with Gasteiger partial charge in [-0.2, -0.15) is 0 Å². The Kier molecular flexibility index (Phi) is 12.0. The molecule has 0 amide bonds. The number of benzene rings is 2. The molecule has 2 bridgehead atoms. The second-order valence-electron chi connectivity index (χ2n) is 10.2. The minimum atomic E-state index is -1.07. The van der Waals surface area contributed by atoms with Gasteiger partial charge in [0.1, 0.15) is 11.5 Å². The second kappa shape index (κ2) is 14.2. The van der Waals surface area contributed by atoms with Crippen molar-refractivity contribution in [2.45, 2.75) is 70.6 Å². The van der Waals surface area contributed by atoms with Crippen LogP contribution in [0.25, 0.3) is 5.32 Å². The first kappa shape index (κ1) is 29.6. The Morgan fingerprint density at radius 3 is 1.97 bits per heavy atom. The van der Waals surface area contributed by atoms with Crippen molar-refractivity contribution in [2.24, 2.45) is 5.92 Å². The summed E-state index contributed by atoms with van der Waals surface area (Å²) in [6, 6.07) is 20.4. The van der Waals surface area contributed by atoms with Crippen molar-refractivity contribution in [3.05, 3.63) is 77.1 Å². The van der Waals surface area contributed by atoms with Gasteiger partial charge in [-0.3, -0.25) is 9.69 Å². The number of hydrogen-bond acceptors (Lipinski definition) is 4. The van der Waals surface area contributed by atoms with Crippen molar-refractivity contribution < 1.29 is 33.5 Å². The fourth-order valence-electron chi connectivity index (χ4n) is 5.10. The molecule has 0 saturated carbocycles. The summed E-state index contributed by atoms with van der Waals surface area (Å²) in [5.41, 5.74) is 0.748. The Balaban J connectivity index is 0.000000476. The Labute approximate surface area is 223 Å².